The van der Waals surface area contributed by atoms with Crippen LogP contribution in [0.3, 0.4) is 0 Å². The third kappa shape index (κ3) is 3.82. The van der Waals surface area contributed by atoms with Crippen molar-refractivity contribution in [3.8, 4) is 0 Å². The summed E-state index contributed by atoms with van der Waals surface area (Å²) < 4.78 is 0. The van der Waals surface area contributed by atoms with E-state index in [2.05, 4.69) is 25.4 Å². The standard InChI is InChI=1S/C12H25NS/c1-10-6-4-7-12(11(10)2)13-8-5-9-14-3/h10-13H,4-9H2,1-3H3. The first kappa shape index (κ1) is 12.4. The van der Waals surface area contributed by atoms with Gasteiger partial charge in [0.15, 0.2) is 0 Å². The van der Waals surface area contributed by atoms with Gasteiger partial charge in [0.05, 0.1) is 0 Å². The second-order valence-electron chi connectivity index (χ2n) is 4.67. The van der Waals surface area contributed by atoms with E-state index >= 15 is 0 Å². The molecule has 1 fully saturated rings. The Kier molecular flexibility index (Phi) is 5.95. The maximum atomic E-state index is 3.72. The summed E-state index contributed by atoms with van der Waals surface area (Å²) in [4.78, 5) is 0. The van der Waals surface area contributed by atoms with Crippen molar-refractivity contribution >= 4 is 11.8 Å². The van der Waals surface area contributed by atoms with Crippen molar-refractivity contribution in [3.05, 3.63) is 0 Å². The monoisotopic (exact) mass is 215 g/mol. The molecule has 0 aromatic rings. The van der Waals surface area contributed by atoms with Crippen LogP contribution in [0.15, 0.2) is 0 Å². The summed E-state index contributed by atoms with van der Waals surface area (Å²) in [6.07, 6.45) is 7.75. The fourth-order valence-electron chi connectivity index (χ4n) is 2.37. The van der Waals surface area contributed by atoms with Crippen LogP contribution in [0.2, 0.25) is 0 Å². The topological polar surface area (TPSA) is 12.0 Å². The number of thioether (sulfide) groups is 1. The van der Waals surface area contributed by atoms with Crippen molar-refractivity contribution in [2.24, 2.45) is 11.8 Å². The summed E-state index contributed by atoms with van der Waals surface area (Å²) in [5.74, 6) is 3.09. The maximum absolute atomic E-state index is 3.72. The summed E-state index contributed by atoms with van der Waals surface area (Å²) in [6, 6.07) is 0.792. The van der Waals surface area contributed by atoms with E-state index in [1.54, 1.807) is 0 Å². The Morgan fingerprint density at radius 2 is 2.07 bits per heavy atom. The quantitative estimate of drug-likeness (QED) is 0.707. The van der Waals surface area contributed by atoms with Gasteiger partial charge in [-0.2, -0.15) is 11.8 Å². The molecule has 0 spiro atoms. The molecule has 1 nitrogen and oxygen atoms in total. The predicted molar refractivity (Wildman–Crippen MR) is 67.0 cm³/mol. The van der Waals surface area contributed by atoms with E-state index < -0.39 is 0 Å². The highest BCUT2D eigenvalue weighted by Gasteiger charge is 2.25. The van der Waals surface area contributed by atoms with Crippen LogP contribution in [0.1, 0.15) is 39.5 Å². The Morgan fingerprint density at radius 1 is 1.29 bits per heavy atom. The molecule has 1 aliphatic carbocycles. The minimum atomic E-state index is 0.792. The largest absolute Gasteiger partial charge is 0.314 e. The molecule has 14 heavy (non-hydrogen) atoms. The van der Waals surface area contributed by atoms with E-state index in [0.29, 0.717) is 0 Å². The Hall–Kier alpha value is 0.310. The zero-order valence-electron chi connectivity index (χ0n) is 9.88. The van der Waals surface area contributed by atoms with Gasteiger partial charge in [0.2, 0.25) is 0 Å². The molecule has 0 saturated heterocycles. The molecule has 0 aliphatic heterocycles. The van der Waals surface area contributed by atoms with Crippen molar-refractivity contribution in [1.29, 1.82) is 0 Å². The van der Waals surface area contributed by atoms with Gasteiger partial charge in [-0.3, -0.25) is 0 Å². The summed E-state index contributed by atoms with van der Waals surface area (Å²) >= 11 is 1.95. The van der Waals surface area contributed by atoms with Gasteiger partial charge in [0, 0.05) is 6.04 Å². The van der Waals surface area contributed by atoms with Crippen molar-refractivity contribution < 1.29 is 0 Å². The van der Waals surface area contributed by atoms with E-state index in [4.69, 9.17) is 0 Å². The number of rotatable bonds is 5. The summed E-state index contributed by atoms with van der Waals surface area (Å²) in [7, 11) is 0. The molecule has 2 heteroatoms. The molecule has 1 N–H and O–H groups in total. The molecule has 3 atom stereocenters. The lowest BCUT2D eigenvalue weighted by Crippen LogP contribution is -2.41. The molecule has 0 heterocycles. The van der Waals surface area contributed by atoms with Gasteiger partial charge >= 0.3 is 0 Å². The van der Waals surface area contributed by atoms with Crippen molar-refractivity contribution in [2.75, 3.05) is 18.6 Å². The molecule has 0 amide bonds. The number of hydrogen-bond acceptors (Lipinski definition) is 2. The third-order valence-electron chi connectivity index (χ3n) is 3.64. The van der Waals surface area contributed by atoms with Crippen LogP contribution in [0.25, 0.3) is 0 Å². The van der Waals surface area contributed by atoms with Gasteiger partial charge in [-0.05, 0) is 43.2 Å². The van der Waals surface area contributed by atoms with Gasteiger partial charge < -0.3 is 5.32 Å². The average Bonchev–Trinajstić information content (AvgIpc) is 2.19. The zero-order chi connectivity index (χ0) is 10.4. The van der Waals surface area contributed by atoms with E-state index in [1.807, 2.05) is 11.8 Å². The molecular formula is C12H25NS. The van der Waals surface area contributed by atoms with Gasteiger partial charge in [0.25, 0.3) is 0 Å². The molecule has 0 aromatic carbocycles. The zero-order valence-corrected chi connectivity index (χ0v) is 10.7. The Bertz CT molecular complexity index is 149. The van der Waals surface area contributed by atoms with E-state index in [0.717, 1.165) is 17.9 Å². The van der Waals surface area contributed by atoms with E-state index in [9.17, 15) is 0 Å². The molecule has 1 aliphatic rings. The molecule has 1 rings (SSSR count). The minimum absolute atomic E-state index is 0.792. The number of hydrogen-bond donors (Lipinski definition) is 1. The molecule has 3 unspecified atom stereocenters. The fourth-order valence-corrected chi connectivity index (χ4v) is 2.81. The van der Waals surface area contributed by atoms with Crippen LogP contribution in [-0.4, -0.2) is 24.6 Å². The van der Waals surface area contributed by atoms with Crippen LogP contribution in [0, 0.1) is 11.8 Å². The maximum Gasteiger partial charge on any atom is 0.00952 e. The lowest BCUT2D eigenvalue weighted by atomic mass is 9.78. The Labute approximate surface area is 93.4 Å². The van der Waals surface area contributed by atoms with Crippen molar-refractivity contribution in [2.45, 2.75) is 45.6 Å². The van der Waals surface area contributed by atoms with Gasteiger partial charge in [-0.1, -0.05) is 26.7 Å². The first-order valence-electron chi connectivity index (χ1n) is 5.98. The molecular weight excluding hydrogens is 190 g/mol. The van der Waals surface area contributed by atoms with Crippen LogP contribution in [0.4, 0.5) is 0 Å². The summed E-state index contributed by atoms with van der Waals surface area (Å²) in [5, 5.41) is 3.72. The second-order valence-corrected chi connectivity index (χ2v) is 5.66. The summed E-state index contributed by atoms with van der Waals surface area (Å²) in [5.41, 5.74) is 0. The van der Waals surface area contributed by atoms with Crippen LogP contribution in [0.5, 0.6) is 0 Å². The first-order valence-corrected chi connectivity index (χ1v) is 7.37. The van der Waals surface area contributed by atoms with E-state index in [1.165, 1.54) is 38.0 Å². The lowest BCUT2D eigenvalue weighted by Gasteiger charge is -2.34. The SMILES string of the molecule is CSCCCNC1CCCC(C)C1C. The smallest absolute Gasteiger partial charge is 0.00952 e. The molecule has 84 valence electrons. The van der Waals surface area contributed by atoms with Gasteiger partial charge in [-0.25, -0.2) is 0 Å². The Morgan fingerprint density at radius 3 is 2.79 bits per heavy atom. The lowest BCUT2D eigenvalue weighted by molar-refractivity contribution is 0.207. The van der Waals surface area contributed by atoms with E-state index in [-0.39, 0.29) is 0 Å². The highest BCUT2D eigenvalue weighted by molar-refractivity contribution is 7.98. The highest BCUT2D eigenvalue weighted by Crippen LogP contribution is 2.29. The van der Waals surface area contributed by atoms with Gasteiger partial charge in [-0.15, -0.1) is 0 Å². The normalized spacial score (nSPS) is 33.2. The Balaban J connectivity index is 2.15. The minimum Gasteiger partial charge on any atom is -0.314 e. The molecule has 0 bridgehead atoms. The summed E-state index contributed by atoms with van der Waals surface area (Å²) in [6.45, 7) is 6.03. The average molecular weight is 215 g/mol. The fraction of sp³-hybridized carbons (Fsp3) is 1.00. The molecule has 0 radical (unpaired) electrons. The second kappa shape index (κ2) is 6.73. The van der Waals surface area contributed by atoms with Crippen LogP contribution >= 0.6 is 11.8 Å². The number of nitrogens with one attached hydrogen (secondary N) is 1. The van der Waals surface area contributed by atoms with Crippen molar-refractivity contribution in [3.63, 3.8) is 0 Å². The van der Waals surface area contributed by atoms with Crippen LogP contribution in [-0.2, 0) is 0 Å². The molecule has 1 saturated carbocycles. The highest BCUT2D eigenvalue weighted by atomic mass is 32.2. The van der Waals surface area contributed by atoms with Crippen molar-refractivity contribution in [1.82, 2.24) is 5.32 Å². The first-order chi connectivity index (χ1) is 6.75. The van der Waals surface area contributed by atoms with Gasteiger partial charge in [0.1, 0.15) is 0 Å². The predicted octanol–water partition coefficient (Wildman–Crippen LogP) is 3.15. The third-order valence-corrected chi connectivity index (χ3v) is 4.34. The van der Waals surface area contributed by atoms with Crippen LogP contribution < -0.4 is 5.32 Å². The molecule has 0 aromatic heterocycles.